The van der Waals surface area contributed by atoms with Crippen LogP contribution in [0.25, 0.3) is 5.70 Å². The summed E-state index contributed by atoms with van der Waals surface area (Å²) in [6.45, 7) is 4.36. The maximum absolute atomic E-state index is 6.22. The first kappa shape index (κ1) is 21.5. The van der Waals surface area contributed by atoms with Gasteiger partial charge in [0.15, 0.2) is 5.96 Å². The maximum atomic E-state index is 6.22. The lowest BCUT2D eigenvalue weighted by Crippen LogP contribution is -2.44. The topological polar surface area (TPSA) is 66.1 Å². The average molecular weight is 440 g/mol. The second-order valence-corrected chi connectivity index (χ2v) is 8.35. The van der Waals surface area contributed by atoms with Crippen LogP contribution in [0, 0.1) is 0 Å². The van der Waals surface area contributed by atoms with E-state index in [-0.39, 0.29) is 18.4 Å². The summed E-state index contributed by atoms with van der Waals surface area (Å²) in [4.78, 5) is 9.61. The fraction of sp³-hybridized carbons (Fsp3) is 0.375. The van der Waals surface area contributed by atoms with Crippen molar-refractivity contribution in [3.63, 3.8) is 0 Å². The van der Waals surface area contributed by atoms with Gasteiger partial charge in [-0.3, -0.25) is 0 Å². The van der Waals surface area contributed by atoms with Gasteiger partial charge >= 0.3 is 0 Å². The summed E-state index contributed by atoms with van der Waals surface area (Å²) in [5.41, 5.74) is 13.6. The first-order chi connectivity index (χ1) is 14.6. The smallest absolute Gasteiger partial charge is 0.194 e. The van der Waals surface area contributed by atoms with Gasteiger partial charge < -0.3 is 25.6 Å². The largest absolute Gasteiger partial charge is 0.497 e. The van der Waals surface area contributed by atoms with Crippen molar-refractivity contribution in [3.8, 4) is 5.75 Å². The zero-order valence-corrected chi connectivity index (χ0v) is 18.9. The number of rotatable bonds is 3. The molecule has 3 aliphatic rings. The van der Waals surface area contributed by atoms with Gasteiger partial charge in [0.25, 0.3) is 0 Å². The Morgan fingerprint density at radius 1 is 1.03 bits per heavy atom. The number of halogens is 1. The van der Waals surface area contributed by atoms with E-state index in [1.54, 1.807) is 7.11 Å². The van der Waals surface area contributed by atoms with Crippen LogP contribution in [0.1, 0.15) is 29.2 Å². The third-order valence-electron chi connectivity index (χ3n) is 6.50. The second kappa shape index (κ2) is 8.81. The number of methoxy groups -OCH3 is 1. The van der Waals surface area contributed by atoms with Gasteiger partial charge in [-0.15, -0.1) is 12.4 Å². The number of nitrogens with zero attached hydrogens (tertiary/aromatic N) is 3. The van der Waals surface area contributed by atoms with E-state index in [1.807, 2.05) is 6.07 Å². The summed E-state index contributed by atoms with van der Waals surface area (Å²) >= 11 is 0. The molecule has 2 aromatic rings. The molecule has 6 nitrogen and oxygen atoms in total. The quantitative estimate of drug-likeness (QED) is 0.768. The van der Waals surface area contributed by atoms with E-state index in [0.29, 0.717) is 5.96 Å². The summed E-state index contributed by atoms with van der Waals surface area (Å²) in [6.07, 6.45) is 1.98. The van der Waals surface area contributed by atoms with E-state index >= 15 is 0 Å². The molecular weight excluding hydrogens is 410 g/mol. The number of nitrogens with two attached hydrogens (primary N) is 1. The van der Waals surface area contributed by atoms with Crippen molar-refractivity contribution in [1.82, 2.24) is 10.2 Å². The lowest BCUT2D eigenvalue weighted by molar-refractivity contribution is 0.313. The number of guanidine groups is 1. The van der Waals surface area contributed by atoms with E-state index < -0.39 is 0 Å². The molecule has 2 aliphatic heterocycles. The monoisotopic (exact) mass is 439 g/mol. The molecule has 1 atom stereocenters. The Hall–Kier alpha value is -2.70. The van der Waals surface area contributed by atoms with Crippen LogP contribution in [0.4, 0.5) is 5.69 Å². The summed E-state index contributed by atoms with van der Waals surface area (Å²) in [5.74, 6) is 1.33. The number of aliphatic imine (C=N–C) groups is 1. The van der Waals surface area contributed by atoms with Crippen LogP contribution >= 0.6 is 12.4 Å². The van der Waals surface area contributed by atoms with Gasteiger partial charge in [-0.2, -0.15) is 0 Å². The number of piperazine rings is 1. The van der Waals surface area contributed by atoms with Gasteiger partial charge in [0.05, 0.1) is 12.8 Å². The molecule has 0 radical (unpaired) electrons. The number of aryl methyl sites for hydroxylation is 1. The SMILES string of the molecule is COc1ccc2c(c1)C1=C(CC2)C(c2ccc(N3CCN(C)CC3)cc2)N=C(N)N1.Cl. The van der Waals surface area contributed by atoms with Crippen LogP contribution in [0.2, 0.25) is 0 Å². The first-order valence-electron chi connectivity index (χ1n) is 10.7. The van der Waals surface area contributed by atoms with Crippen LogP contribution in [-0.2, 0) is 6.42 Å². The van der Waals surface area contributed by atoms with Gasteiger partial charge in [-0.25, -0.2) is 4.99 Å². The first-order valence-corrected chi connectivity index (χ1v) is 10.7. The fourth-order valence-electron chi connectivity index (χ4n) is 4.71. The number of nitrogens with one attached hydrogen (secondary N) is 1. The highest BCUT2D eigenvalue weighted by atomic mass is 35.5. The minimum Gasteiger partial charge on any atom is -0.497 e. The number of hydrogen-bond donors (Lipinski definition) is 2. The number of benzene rings is 2. The fourth-order valence-corrected chi connectivity index (χ4v) is 4.71. The maximum Gasteiger partial charge on any atom is 0.194 e. The van der Waals surface area contributed by atoms with E-state index in [9.17, 15) is 0 Å². The predicted octanol–water partition coefficient (Wildman–Crippen LogP) is 3.19. The third-order valence-corrected chi connectivity index (χ3v) is 6.50. The third kappa shape index (κ3) is 4.10. The van der Waals surface area contributed by atoms with Gasteiger partial charge in [-0.1, -0.05) is 18.2 Å². The Morgan fingerprint density at radius 2 is 1.77 bits per heavy atom. The van der Waals surface area contributed by atoms with E-state index in [4.69, 9.17) is 15.5 Å². The summed E-state index contributed by atoms with van der Waals surface area (Å²) in [7, 11) is 3.89. The van der Waals surface area contributed by atoms with Crippen LogP contribution in [0.3, 0.4) is 0 Å². The molecule has 2 heterocycles. The molecule has 3 N–H and O–H groups in total. The lowest BCUT2D eigenvalue weighted by atomic mass is 9.83. The molecule has 0 bridgehead atoms. The van der Waals surface area contributed by atoms with Crippen molar-refractivity contribution in [2.24, 2.45) is 10.7 Å². The van der Waals surface area contributed by atoms with Gasteiger partial charge in [0, 0.05) is 37.4 Å². The zero-order chi connectivity index (χ0) is 20.7. The lowest BCUT2D eigenvalue weighted by Gasteiger charge is -2.34. The zero-order valence-electron chi connectivity index (χ0n) is 18.1. The molecule has 1 aliphatic carbocycles. The van der Waals surface area contributed by atoms with Crippen molar-refractivity contribution in [2.75, 3.05) is 45.2 Å². The number of ether oxygens (including phenoxy) is 1. The Morgan fingerprint density at radius 3 is 2.48 bits per heavy atom. The standard InChI is InChI=1S/C24H29N5O.ClH/c1-28-11-13-29(14-12-28)18-7-3-17(4-8-18)22-20-10-6-16-5-9-19(30-2)15-21(16)23(20)27-24(25)26-22;/h3-5,7-9,15,22H,6,10-14H2,1-2H3,(H3,25,26,27);1H. The van der Waals surface area contributed by atoms with Crippen molar-refractivity contribution < 1.29 is 4.74 Å². The number of fused-ring (bicyclic) bond motifs is 2. The van der Waals surface area contributed by atoms with Crippen LogP contribution in [0.15, 0.2) is 53.0 Å². The average Bonchev–Trinajstić information content (AvgIpc) is 2.79. The Bertz CT molecular complexity index is 1010. The van der Waals surface area contributed by atoms with E-state index in [0.717, 1.165) is 50.5 Å². The molecule has 2 aromatic carbocycles. The highest BCUT2D eigenvalue weighted by Gasteiger charge is 2.30. The van der Waals surface area contributed by atoms with Gasteiger partial charge in [-0.05, 0) is 60.9 Å². The van der Waals surface area contributed by atoms with Crippen molar-refractivity contribution >= 4 is 29.8 Å². The minimum absolute atomic E-state index is 0. The molecular formula is C24H30ClN5O. The molecule has 0 amide bonds. The summed E-state index contributed by atoms with van der Waals surface area (Å²) < 4.78 is 5.46. The van der Waals surface area contributed by atoms with E-state index in [2.05, 4.69) is 58.6 Å². The summed E-state index contributed by atoms with van der Waals surface area (Å²) in [6, 6.07) is 15.1. The molecule has 1 unspecified atom stereocenters. The normalized spacial score (nSPS) is 20.8. The molecule has 31 heavy (non-hydrogen) atoms. The molecule has 164 valence electrons. The highest BCUT2D eigenvalue weighted by molar-refractivity contribution is 5.93. The number of likely N-dealkylation sites (N-methyl/N-ethyl adjacent to an activating group) is 1. The van der Waals surface area contributed by atoms with E-state index in [1.165, 1.54) is 28.0 Å². The highest BCUT2D eigenvalue weighted by Crippen LogP contribution is 2.41. The van der Waals surface area contributed by atoms with Crippen LogP contribution < -0.4 is 20.7 Å². The van der Waals surface area contributed by atoms with Gasteiger partial charge in [0.1, 0.15) is 11.8 Å². The molecule has 1 saturated heterocycles. The Kier molecular flexibility index (Phi) is 6.12. The predicted molar refractivity (Wildman–Crippen MR) is 129 cm³/mol. The molecule has 0 spiro atoms. The molecule has 5 rings (SSSR count). The van der Waals surface area contributed by atoms with Crippen molar-refractivity contribution in [3.05, 3.63) is 64.7 Å². The molecule has 7 heteroatoms. The number of hydrogen-bond acceptors (Lipinski definition) is 6. The number of anilines is 1. The Labute approximate surface area is 190 Å². The van der Waals surface area contributed by atoms with Crippen LogP contribution in [0.5, 0.6) is 5.75 Å². The molecule has 1 fully saturated rings. The molecule has 0 saturated carbocycles. The van der Waals surface area contributed by atoms with Crippen molar-refractivity contribution in [2.45, 2.75) is 18.9 Å². The minimum atomic E-state index is -0.0397. The summed E-state index contributed by atoms with van der Waals surface area (Å²) in [5, 5.41) is 3.33. The molecule has 0 aromatic heterocycles. The van der Waals surface area contributed by atoms with Crippen molar-refractivity contribution in [1.29, 1.82) is 0 Å². The Balaban J connectivity index is 0.00000231. The van der Waals surface area contributed by atoms with Gasteiger partial charge in [0.2, 0.25) is 0 Å². The second-order valence-electron chi connectivity index (χ2n) is 8.35. The van der Waals surface area contributed by atoms with Crippen LogP contribution in [-0.4, -0.2) is 51.2 Å².